The fourth-order valence-corrected chi connectivity index (χ4v) is 2.58. The van der Waals surface area contributed by atoms with E-state index in [0.29, 0.717) is 36.8 Å². The van der Waals surface area contributed by atoms with Crippen molar-refractivity contribution in [1.82, 2.24) is 5.32 Å². The van der Waals surface area contributed by atoms with Crippen LogP contribution < -0.4 is 19.7 Å². The van der Waals surface area contributed by atoms with Gasteiger partial charge in [-0.2, -0.15) is 0 Å². The van der Waals surface area contributed by atoms with Gasteiger partial charge in [-0.05, 0) is 56.2 Å². The molecule has 0 bridgehead atoms. The number of nitrogens with zero attached hydrogens (tertiary/aromatic N) is 1. The van der Waals surface area contributed by atoms with Gasteiger partial charge in [0, 0.05) is 31.9 Å². The molecule has 2 aromatic carbocycles. The maximum atomic E-state index is 12.4. The molecule has 0 unspecified atom stereocenters. The van der Waals surface area contributed by atoms with Gasteiger partial charge >= 0.3 is 0 Å². The summed E-state index contributed by atoms with van der Waals surface area (Å²) in [5.41, 5.74) is 2.92. The van der Waals surface area contributed by atoms with Crippen LogP contribution in [0.25, 0.3) is 0 Å². The first-order valence-electron chi connectivity index (χ1n) is 8.99. The van der Waals surface area contributed by atoms with E-state index in [9.17, 15) is 4.79 Å². The van der Waals surface area contributed by atoms with Gasteiger partial charge in [0.05, 0.1) is 13.2 Å². The molecule has 0 heterocycles. The predicted molar refractivity (Wildman–Crippen MR) is 106 cm³/mol. The van der Waals surface area contributed by atoms with Gasteiger partial charge in [-0.1, -0.05) is 12.1 Å². The number of amides is 1. The van der Waals surface area contributed by atoms with Crippen LogP contribution in [0.15, 0.2) is 42.5 Å². The van der Waals surface area contributed by atoms with E-state index in [1.54, 1.807) is 18.2 Å². The number of carbonyl (C=O) groups excluding carboxylic acids is 1. The summed E-state index contributed by atoms with van der Waals surface area (Å²) >= 11 is 0. The van der Waals surface area contributed by atoms with Crippen LogP contribution in [-0.2, 0) is 6.42 Å². The third-order valence-corrected chi connectivity index (χ3v) is 3.96. The highest BCUT2D eigenvalue weighted by molar-refractivity contribution is 5.94. The lowest BCUT2D eigenvalue weighted by Crippen LogP contribution is -2.25. The molecule has 0 atom stereocenters. The van der Waals surface area contributed by atoms with Crippen molar-refractivity contribution in [3.05, 3.63) is 53.6 Å². The summed E-state index contributed by atoms with van der Waals surface area (Å²) in [5, 5.41) is 2.96. The fraction of sp³-hybridized carbons (Fsp3) is 0.381. The number of hydrogen-bond donors (Lipinski definition) is 1. The molecule has 0 fully saturated rings. The summed E-state index contributed by atoms with van der Waals surface area (Å²) in [4.78, 5) is 14.5. The Morgan fingerprint density at radius 2 is 1.62 bits per heavy atom. The SMILES string of the molecule is CCOc1ccc(C(=O)NCCc2ccc(N(C)C)cc2)cc1OCC. The van der Waals surface area contributed by atoms with E-state index in [4.69, 9.17) is 9.47 Å². The summed E-state index contributed by atoms with van der Waals surface area (Å²) in [7, 11) is 4.03. The maximum Gasteiger partial charge on any atom is 0.251 e. The highest BCUT2D eigenvalue weighted by atomic mass is 16.5. The van der Waals surface area contributed by atoms with Crippen LogP contribution in [0.4, 0.5) is 5.69 Å². The standard InChI is InChI=1S/C21H28N2O3/c1-5-25-19-12-9-17(15-20(19)26-6-2)21(24)22-14-13-16-7-10-18(11-8-16)23(3)4/h7-12,15H,5-6,13-14H2,1-4H3,(H,22,24). The Morgan fingerprint density at radius 3 is 2.23 bits per heavy atom. The van der Waals surface area contributed by atoms with Crippen molar-refractivity contribution < 1.29 is 14.3 Å². The number of rotatable bonds is 9. The second-order valence-corrected chi connectivity index (χ2v) is 6.09. The average molecular weight is 356 g/mol. The summed E-state index contributed by atoms with van der Waals surface area (Å²) < 4.78 is 11.1. The molecule has 26 heavy (non-hydrogen) atoms. The zero-order chi connectivity index (χ0) is 18.9. The molecular weight excluding hydrogens is 328 g/mol. The molecule has 5 nitrogen and oxygen atoms in total. The van der Waals surface area contributed by atoms with Crippen molar-refractivity contribution in [2.45, 2.75) is 20.3 Å². The minimum Gasteiger partial charge on any atom is -0.490 e. The molecule has 5 heteroatoms. The average Bonchev–Trinajstić information content (AvgIpc) is 2.64. The molecule has 0 saturated heterocycles. The first-order chi connectivity index (χ1) is 12.5. The van der Waals surface area contributed by atoms with Crippen molar-refractivity contribution in [2.24, 2.45) is 0 Å². The summed E-state index contributed by atoms with van der Waals surface area (Å²) in [6.45, 7) is 5.48. The topological polar surface area (TPSA) is 50.8 Å². The molecule has 0 radical (unpaired) electrons. The third-order valence-electron chi connectivity index (χ3n) is 3.96. The van der Waals surface area contributed by atoms with Gasteiger partial charge in [-0.3, -0.25) is 4.79 Å². The molecule has 0 aliphatic rings. The number of anilines is 1. The monoisotopic (exact) mass is 356 g/mol. The lowest BCUT2D eigenvalue weighted by atomic mass is 10.1. The van der Waals surface area contributed by atoms with Crippen molar-refractivity contribution in [3.8, 4) is 11.5 Å². The fourth-order valence-electron chi connectivity index (χ4n) is 2.58. The molecule has 1 N–H and O–H groups in total. The van der Waals surface area contributed by atoms with Crippen LogP contribution in [0.5, 0.6) is 11.5 Å². The second-order valence-electron chi connectivity index (χ2n) is 6.09. The molecule has 1 amide bonds. The molecule has 2 aromatic rings. The van der Waals surface area contributed by atoms with Gasteiger partial charge in [0.1, 0.15) is 0 Å². The normalized spacial score (nSPS) is 10.3. The van der Waals surface area contributed by atoms with Gasteiger partial charge in [0.25, 0.3) is 5.91 Å². The Hall–Kier alpha value is -2.69. The quantitative estimate of drug-likeness (QED) is 0.747. The van der Waals surface area contributed by atoms with Gasteiger partial charge in [-0.15, -0.1) is 0 Å². The van der Waals surface area contributed by atoms with Crippen molar-refractivity contribution >= 4 is 11.6 Å². The summed E-state index contributed by atoms with van der Waals surface area (Å²) in [6, 6.07) is 13.6. The van der Waals surface area contributed by atoms with Crippen LogP contribution in [0.1, 0.15) is 29.8 Å². The van der Waals surface area contributed by atoms with Crippen molar-refractivity contribution in [3.63, 3.8) is 0 Å². The minimum absolute atomic E-state index is 0.112. The van der Waals surface area contributed by atoms with Gasteiger partial charge < -0.3 is 19.7 Å². The number of benzene rings is 2. The first-order valence-corrected chi connectivity index (χ1v) is 8.99. The largest absolute Gasteiger partial charge is 0.490 e. The van der Waals surface area contributed by atoms with Gasteiger partial charge in [0.15, 0.2) is 11.5 Å². The molecule has 0 saturated carbocycles. The maximum absolute atomic E-state index is 12.4. The Morgan fingerprint density at radius 1 is 0.962 bits per heavy atom. The first kappa shape index (κ1) is 19.6. The van der Waals surface area contributed by atoms with Crippen LogP contribution in [0.2, 0.25) is 0 Å². The van der Waals surface area contributed by atoms with Crippen LogP contribution >= 0.6 is 0 Å². The smallest absolute Gasteiger partial charge is 0.251 e. The molecular formula is C21H28N2O3. The molecule has 2 rings (SSSR count). The van der Waals surface area contributed by atoms with Crippen LogP contribution in [0.3, 0.4) is 0 Å². The predicted octanol–water partition coefficient (Wildman–Crippen LogP) is 3.52. The molecule has 0 spiro atoms. The Bertz CT molecular complexity index is 712. The van der Waals surface area contributed by atoms with E-state index in [1.807, 2.05) is 27.9 Å². The number of carbonyl (C=O) groups is 1. The molecule has 140 valence electrons. The lowest BCUT2D eigenvalue weighted by Gasteiger charge is -2.13. The minimum atomic E-state index is -0.112. The number of hydrogen-bond acceptors (Lipinski definition) is 4. The van der Waals surface area contributed by atoms with Gasteiger partial charge in [-0.25, -0.2) is 0 Å². The third kappa shape index (κ3) is 5.41. The second kappa shape index (κ2) is 9.70. The van der Waals surface area contributed by atoms with E-state index in [0.717, 1.165) is 12.1 Å². The van der Waals surface area contributed by atoms with E-state index in [-0.39, 0.29) is 5.91 Å². The Balaban J connectivity index is 1.93. The molecule has 0 aliphatic heterocycles. The lowest BCUT2D eigenvalue weighted by molar-refractivity contribution is 0.0953. The van der Waals surface area contributed by atoms with E-state index >= 15 is 0 Å². The van der Waals surface area contributed by atoms with E-state index < -0.39 is 0 Å². The highest BCUT2D eigenvalue weighted by Gasteiger charge is 2.11. The summed E-state index contributed by atoms with van der Waals surface area (Å²) in [5.74, 6) is 1.15. The molecule has 0 aliphatic carbocycles. The Kier molecular flexibility index (Phi) is 7.33. The Labute approximate surface area is 155 Å². The highest BCUT2D eigenvalue weighted by Crippen LogP contribution is 2.28. The molecule has 0 aromatic heterocycles. The van der Waals surface area contributed by atoms with Crippen molar-refractivity contribution in [1.29, 1.82) is 0 Å². The summed E-state index contributed by atoms with van der Waals surface area (Å²) in [6.07, 6.45) is 0.787. The van der Waals surface area contributed by atoms with Crippen molar-refractivity contribution in [2.75, 3.05) is 38.8 Å². The van der Waals surface area contributed by atoms with E-state index in [1.165, 1.54) is 5.56 Å². The van der Waals surface area contributed by atoms with Gasteiger partial charge in [0.2, 0.25) is 0 Å². The van der Waals surface area contributed by atoms with E-state index in [2.05, 4.69) is 34.5 Å². The zero-order valence-electron chi connectivity index (χ0n) is 16.0. The van der Waals surface area contributed by atoms with Crippen LogP contribution in [-0.4, -0.2) is 39.8 Å². The number of ether oxygens (including phenoxy) is 2. The zero-order valence-corrected chi connectivity index (χ0v) is 16.0. The number of nitrogens with one attached hydrogen (secondary N) is 1. The van der Waals surface area contributed by atoms with Crippen LogP contribution in [0, 0.1) is 0 Å².